The maximum atomic E-state index is 13.1. The van der Waals surface area contributed by atoms with Gasteiger partial charge in [0.15, 0.2) is 15.6 Å². The summed E-state index contributed by atoms with van der Waals surface area (Å²) in [6.07, 6.45) is -0.0154. The first-order valence-electron chi connectivity index (χ1n) is 11.9. The molecule has 0 aliphatic heterocycles. The molecule has 0 aliphatic carbocycles. The van der Waals surface area contributed by atoms with Crippen LogP contribution in [0.1, 0.15) is 46.1 Å². The van der Waals surface area contributed by atoms with Crippen molar-refractivity contribution in [2.24, 2.45) is 5.92 Å². The molecule has 2 amide bonds. The van der Waals surface area contributed by atoms with Crippen LogP contribution in [0.3, 0.4) is 0 Å². The molecule has 0 saturated carbocycles. The Morgan fingerprint density at radius 1 is 0.972 bits per heavy atom. The van der Waals surface area contributed by atoms with E-state index in [1.54, 1.807) is 36.4 Å². The highest BCUT2D eigenvalue weighted by atomic mass is 32.2. The van der Waals surface area contributed by atoms with Crippen molar-refractivity contribution in [3.63, 3.8) is 0 Å². The van der Waals surface area contributed by atoms with Crippen molar-refractivity contribution in [1.29, 1.82) is 0 Å². The van der Waals surface area contributed by atoms with Crippen molar-refractivity contribution in [2.75, 3.05) is 12.4 Å². The molecule has 0 radical (unpaired) electrons. The van der Waals surface area contributed by atoms with Crippen molar-refractivity contribution < 1.29 is 27.5 Å². The van der Waals surface area contributed by atoms with Gasteiger partial charge in [-0.05, 0) is 65.3 Å². The first-order chi connectivity index (χ1) is 16.8. The summed E-state index contributed by atoms with van der Waals surface area (Å²) in [6.45, 7) is 8.63. The largest absolute Gasteiger partial charge is 0.486 e. The average molecular weight is 517 g/mol. The van der Waals surface area contributed by atoms with Crippen LogP contribution in [0.4, 0.5) is 0 Å². The second-order valence-corrected chi connectivity index (χ2v) is 12.0. The van der Waals surface area contributed by atoms with Gasteiger partial charge in [-0.25, -0.2) is 8.42 Å². The number of hydrogen-bond donors (Lipinski definition) is 2. The van der Waals surface area contributed by atoms with E-state index in [9.17, 15) is 22.8 Å². The first kappa shape index (κ1) is 29.0. The third kappa shape index (κ3) is 9.81. The van der Waals surface area contributed by atoms with E-state index in [-0.39, 0.29) is 36.0 Å². The van der Waals surface area contributed by atoms with E-state index < -0.39 is 39.0 Å². The zero-order valence-electron chi connectivity index (χ0n) is 21.5. The Bertz CT molecular complexity index is 1140. The quantitative estimate of drug-likeness (QED) is 0.447. The van der Waals surface area contributed by atoms with Gasteiger partial charge in [-0.15, -0.1) is 0 Å². The molecule has 0 unspecified atom stereocenters. The molecule has 9 heteroatoms. The van der Waals surface area contributed by atoms with Gasteiger partial charge in [-0.3, -0.25) is 14.4 Å². The number of para-hydroxylation sites is 1. The van der Waals surface area contributed by atoms with Gasteiger partial charge in [0.05, 0.1) is 22.6 Å². The summed E-state index contributed by atoms with van der Waals surface area (Å²) >= 11 is 0. The number of sulfone groups is 1. The summed E-state index contributed by atoms with van der Waals surface area (Å²) in [5.74, 6) is -2.23. The topological polar surface area (TPSA) is 119 Å². The Hall–Kier alpha value is -3.20. The minimum absolute atomic E-state index is 0.0142. The molecule has 0 bridgehead atoms. The van der Waals surface area contributed by atoms with Gasteiger partial charge in [0, 0.05) is 12.0 Å². The highest BCUT2D eigenvalue weighted by Crippen LogP contribution is 2.19. The second-order valence-electron chi connectivity index (χ2n) is 9.93. The molecule has 2 aromatic carbocycles. The zero-order valence-corrected chi connectivity index (χ0v) is 22.4. The van der Waals surface area contributed by atoms with Crippen molar-refractivity contribution in [3.8, 4) is 5.75 Å². The SMILES string of the molecule is Cc1ccc(S(=O)(=O)C[C@@H](CCC(=O)NC(C)(C)C)C(=O)N[C@@H](C)C(=O)COc2ccccc2)cc1. The van der Waals surface area contributed by atoms with E-state index in [2.05, 4.69) is 10.6 Å². The second kappa shape index (κ2) is 12.7. The molecule has 2 atom stereocenters. The van der Waals surface area contributed by atoms with Crippen LogP contribution >= 0.6 is 0 Å². The predicted molar refractivity (Wildman–Crippen MR) is 138 cm³/mol. The third-order valence-corrected chi connectivity index (χ3v) is 7.20. The molecule has 0 aliphatic rings. The lowest BCUT2D eigenvalue weighted by molar-refractivity contribution is -0.130. The molecule has 0 saturated heterocycles. The number of ketones is 1. The van der Waals surface area contributed by atoms with Crippen LogP contribution in [0.25, 0.3) is 0 Å². The molecule has 2 aromatic rings. The Balaban J connectivity index is 2.10. The van der Waals surface area contributed by atoms with Crippen molar-refractivity contribution in [3.05, 3.63) is 60.2 Å². The number of rotatable bonds is 12. The fourth-order valence-electron chi connectivity index (χ4n) is 3.39. The monoisotopic (exact) mass is 516 g/mol. The van der Waals surface area contributed by atoms with Crippen LogP contribution in [0.2, 0.25) is 0 Å². The fraction of sp³-hybridized carbons (Fsp3) is 0.444. The molecular weight excluding hydrogens is 480 g/mol. The molecule has 0 aromatic heterocycles. The number of Topliss-reactive ketones (excluding diaryl/α,β-unsaturated/α-hetero) is 1. The van der Waals surface area contributed by atoms with Gasteiger partial charge in [0.1, 0.15) is 12.4 Å². The van der Waals surface area contributed by atoms with Gasteiger partial charge < -0.3 is 15.4 Å². The Morgan fingerprint density at radius 2 is 1.58 bits per heavy atom. The Morgan fingerprint density at radius 3 is 2.17 bits per heavy atom. The summed E-state index contributed by atoms with van der Waals surface area (Å²) in [5, 5.41) is 5.42. The van der Waals surface area contributed by atoms with E-state index in [1.807, 2.05) is 33.8 Å². The van der Waals surface area contributed by atoms with E-state index in [0.717, 1.165) is 5.56 Å². The summed E-state index contributed by atoms with van der Waals surface area (Å²) in [4.78, 5) is 38.1. The number of aryl methyl sites for hydroxylation is 1. The number of nitrogens with one attached hydrogen (secondary N) is 2. The number of amides is 2. The molecular formula is C27H36N2O6S. The average Bonchev–Trinajstić information content (AvgIpc) is 2.79. The maximum absolute atomic E-state index is 13.1. The van der Waals surface area contributed by atoms with E-state index >= 15 is 0 Å². The van der Waals surface area contributed by atoms with Crippen LogP contribution in [0, 0.1) is 12.8 Å². The van der Waals surface area contributed by atoms with E-state index in [4.69, 9.17) is 4.74 Å². The predicted octanol–water partition coefficient (Wildman–Crippen LogP) is 3.23. The van der Waals surface area contributed by atoms with Gasteiger partial charge in [0.2, 0.25) is 11.8 Å². The summed E-state index contributed by atoms with van der Waals surface area (Å²) < 4.78 is 31.5. The standard InChI is InChI=1S/C27H36N2O6S/c1-19-11-14-23(15-12-19)36(33,34)18-21(13-16-25(31)29-27(3,4)5)26(32)28-20(2)24(30)17-35-22-9-7-6-8-10-22/h6-12,14-15,20-21H,13,16-18H2,1-5H3,(H,28,32)(H,29,31)/t20-,21+/m0/s1. The number of hydrogen-bond acceptors (Lipinski definition) is 6. The van der Waals surface area contributed by atoms with Crippen LogP contribution in [-0.4, -0.2) is 50.0 Å². The zero-order chi connectivity index (χ0) is 26.9. The first-order valence-corrected chi connectivity index (χ1v) is 13.5. The van der Waals surface area contributed by atoms with Crippen LogP contribution < -0.4 is 15.4 Å². The van der Waals surface area contributed by atoms with Gasteiger partial charge in [0.25, 0.3) is 0 Å². The highest BCUT2D eigenvalue weighted by Gasteiger charge is 2.30. The van der Waals surface area contributed by atoms with Crippen LogP contribution in [0.5, 0.6) is 5.75 Å². The van der Waals surface area contributed by atoms with E-state index in [1.165, 1.54) is 19.1 Å². The number of carbonyl (C=O) groups excluding carboxylic acids is 3. The van der Waals surface area contributed by atoms with Gasteiger partial charge in [-0.1, -0.05) is 35.9 Å². The summed E-state index contributed by atoms with van der Waals surface area (Å²) in [5.41, 5.74) is 0.454. The van der Waals surface area contributed by atoms with Gasteiger partial charge >= 0.3 is 0 Å². The molecule has 196 valence electrons. The van der Waals surface area contributed by atoms with Gasteiger partial charge in [-0.2, -0.15) is 0 Å². The Labute approximate surface area is 213 Å². The number of carbonyl (C=O) groups is 3. The molecule has 0 spiro atoms. The van der Waals surface area contributed by atoms with Crippen molar-refractivity contribution in [1.82, 2.24) is 10.6 Å². The third-order valence-electron chi connectivity index (χ3n) is 5.37. The normalized spacial score (nSPS) is 13.4. The lowest BCUT2D eigenvalue weighted by Gasteiger charge is -2.22. The molecule has 36 heavy (non-hydrogen) atoms. The van der Waals surface area contributed by atoms with E-state index in [0.29, 0.717) is 5.75 Å². The van der Waals surface area contributed by atoms with Crippen LogP contribution in [-0.2, 0) is 24.2 Å². The smallest absolute Gasteiger partial charge is 0.224 e. The molecule has 8 nitrogen and oxygen atoms in total. The number of ether oxygens (including phenoxy) is 1. The van der Waals surface area contributed by atoms with Crippen molar-refractivity contribution >= 4 is 27.4 Å². The molecule has 2 N–H and O–H groups in total. The minimum Gasteiger partial charge on any atom is -0.486 e. The molecule has 2 rings (SSSR count). The lowest BCUT2D eigenvalue weighted by atomic mass is 10.0. The number of benzene rings is 2. The molecule has 0 fully saturated rings. The Kier molecular flexibility index (Phi) is 10.2. The lowest BCUT2D eigenvalue weighted by Crippen LogP contribution is -2.45. The molecule has 0 heterocycles. The highest BCUT2D eigenvalue weighted by molar-refractivity contribution is 7.91. The summed E-state index contributed by atoms with van der Waals surface area (Å²) in [6, 6.07) is 14.3. The van der Waals surface area contributed by atoms with Crippen LogP contribution in [0.15, 0.2) is 59.5 Å². The maximum Gasteiger partial charge on any atom is 0.224 e. The fourth-order valence-corrected chi connectivity index (χ4v) is 4.98. The minimum atomic E-state index is -3.81. The van der Waals surface area contributed by atoms with Crippen molar-refractivity contribution in [2.45, 2.75) is 63.9 Å². The summed E-state index contributed by atoms with van der Waals surface area (Å²) in [7, 11) is -3.81.